The summed E-state index contributed by atoms with van der Waals surface area (Å²) >= 11 is 1.03. The summed E-state index contributed by atoms with van der Waals surface area (Å²) in [5, 5.41) is 48.7. The minimum atomic E-state index is -2.45. The molecule has 0 fully saturated rings. The summed E-state index contributed by atoms with van der Waals surface area (Å²) < 4.78 is 61.5. The van der Waals surface area contributed by atoms with E-state index in [1.54, 1.807) is 30.1 Å². The molecule has 0 spiro atoms. The van der Waals surface area contributed by atoms with Crippen LogP contribution in [0.3, 0.4) is 0 Å². The van der Waals surface area contributed by atoms with E-state index in [0.29, 0.717) is 45.0 Å². The monoisotopic (exact) mass is 812 g/mol. The van der Waals surface area contributed by atoms with Crippen LogP contribution in [0.15, 0.2) is 78.0 Å². The van der Waals surface area contributed by atoms with Crippen molar-refractivity contribution in [3.05, 3.63) is 95.8 Å². The molecule has 0 bridgehead atoms. The first-order valence-corrected chi connectivity index (χ1v) is 17.9. The highest BCUT2D eigenvalue weighted by Gasteiger charge is 2.38. The minimum absolute atomic E-state index is 0.00494. The highest BCUT2D eigenvalue weighted by Crippen LogP contribution is 2.40. The fourth-order valence-corrected chi connectivity index (χ4v) is 6.62. The zero-order valence-electron chi connectivity index (χ0n) is 31.1. The van der Waals surface area contributed by atoms with E-state index in [9.17, 15) is 34.4 Å². The number of methoxy groups -OCH3 is 3. The smallest absolute Gasteiger partial charge is 0.335 e. The number of benzene rings is 4. The number of imidazole rings is 1. The van der Waals surface area contributed by atoms with Crippen molar-refractivity contribution in [3.63, 3.8) is 0 Å². The highest BCUT2D eigenvalue weighted by atomic mass is 32.2. The predicted molar refractivity (Wildman–Crippen MR) is 205 cm³/mol. The van der Waals surface area contributed by atoms with Crippen molar-refractivity contribution in [3.8, 4) is 39.6 Å². The molecule has 0 saturated heterocycles. The fraction of sp³-hybridized carbons (Fsp3) is 0.256. The zero-order valence-corrected chi connectivity index (χ0v) is 31.9. The average Bonchev–Trinajstić information content (AvgIpc) is 3.65. The van der Waals surface area contributed by atoms with E-state index >= 15 is 8.78 Å². The molecule has 14 nitrogen and oxygen atoms in total. The number of anilines is 3. The Morgan fingerprint density at radius 2 is 1.30 bits per heavy atom. The van der Waals surface area contributed by atoms with Crippen molar-refractivity contribution in [2.24, 2.45) is 0 Å². The van der Waals surface area contributed by atoms with Gasteiger partial charge in [-0.15, -0.1) is 0 Å². The molecule has 18 heteroatoms. The van der Waals surface area contributed by atoms with Gasteiger partial charge in [-0.05, 0) is 65.7 Å². The number of ether oxygens (including phenoxy) is 3. The molecule has 2 unspecified atom stereocenters. The number of rotatable bonds is 16. The topological polar surface area (TPSA) is 198 Å². The van der Waals surface area contributed by atoms with E-state index in [1.165, 1.54) is 70.8 Å². The normalized spacial score (nSPS) is 13.3. The molecule has 1 aromatic heterocycles. The Morgan fingerprint density at radius 3 is 1.89 bits per heavy atom. The number of hydrogen-bond donors (Lipinski definition) is 6. The van der Waals surface area contributed by atoms with E-state index in [1.807, 2.05) is 0 Å². The fourth-order valence-electron chi connectivity index (χ4n) is 5.74. The number of likely N-dealkylation sites (N-methyl/N-ethyl adjacent to an activating group) is 1. The highest BCUT2D eigenvalue weighted by molar-refractivity contribution is 7.98. The van der Waals surface area contributed by atoms with Crippen LogP contribution in [0.4, 0.5) is 30.4 Å². The molecule has 6 N–H and O–H groups in total. The first kappa shape index (κ1) is 42.4. The molecule has 4 atom stereocenters. The van der Waals surface area contributed by atoms with Gasteiger partial charge >= 0.3 is 5.97 Å². The number of H-pyrrole nitrogens is 1. The van der Waals surface area contributed by atoms with Crippen molar-refractivity contribution >= 4 is 40.8 Å². The van der Waals surface area contributed by atoms with Crippen LogP contribution in [-0.2, 0) is 15.3 Å². The lowest BCUT2D eigenvalue weighted by Crippen LogP contribution is -2.53. The molecular weight excluding hydrogens is 774 g/mol. The minimum Gasteiger partial charge on any atom is -0.494 e. The Bertz CT molecular complexity index is 2220. The Labute approximate surface area is 328 Å². The summed E-state index contributed by atoms with van der Waals surface area (Å²) in [6, 6.07) is 17.5. The Kier molecular flexibility index (Phi) is 13.4. The third kappa shape index (κ3) is 9.11. The quantitative estimate of drug-likeness (QED) is 0.0749. The number of carbonyl (C=O) groups is 2. The molecule has 0 aliphatic carbocycles. The van der Waals surface area contributed by atoms with E-state index in [0.717, 1.165) is 28.8 Å². The summed E-state index contributed by atoms with van der Waals surface area (Å²) in [4.78, 5) is 34.2. The number of aliphatic hydroxyl groups is 4. The van der Waals surface area contributed by atoms with Crippen LogP contribution in [0, 0.1) is 17.5 Å². The molecule has 1 heterocycles. The first-order valence-electron chi connectivity index (χ1n) is 16.9. The largest absolute Gasteiger partial charge is 0.494 e. The number of carboxylic acids is 1. The van der Waals surface area contributed by atoms with Crippen LogP contribution in [0.2, 0.25) is 0 Å². The van der Waals surface area contributed by atoms with Crippen LogP contribution < -0.4 is 24.0 Å². The van der Waals surface area contributed by atoms with E-state index < -0.39 is 53.7 Å². The van der Waals surface area contributed by atoms with Crippen molar-refractivity contribution in [1.82, 2.24) is 9.97 Å². The second kappa shape index (κ2) is 18.0. The Balaban J connectivity index is 1.36. The number of hydrogen-bond acceptors (Lipinski definition) is 12. The average molecular weight is 813 g/mol. The molecule has 0 aliphatic rings. The summed E-state index contributed by atoms with van der Waals surface area (Å²) in [6.07, 6.45) is -9.43. The lowest BCUT2D eigenvalue weighted by Gasteiger charge is -2.27. The molecule has 5 aromatic rings. The molecular formula is C39H39F3N4O10S. The van der Waals surface area contributed by atoms with Crippen LogP contribution in [0.25, 0.3) is 22.4 Å². The van der Waals surface area contributed by atoms with Crippen molar-refractivity contribution < 1.29 is 62.5 Å². The van der Waals surface area contributed by atoms with E-state index in [-0.39, 0.29) is 28.3 Å². The number of aromatic nitrogens is 2. The maximum absolute atomic E-state index is 15.6. The predicted octanol–water partition coefficient (Wildman–Crippen LogP) is 4.74. The van der Waals surface area contributed by atoms with Gasteiger partial charge in [-0.1, -0.05) is 23.9 Å². The summed E-state index contributed by atoms with van der Waals surface area (Å²) in [5.74, 6) is -3.97. The number of amides is 1. The molecule has 4 aromatic carbocycles. The third-order valence-corrected chi connectivity index (χ3v) is 9.99. The second-order valence-electron chi connectivity index (χ2n) is 12.5. The summed E-state index contributed by atoms with van der Waals surface area (Å²) in [5.41, 5.74) is 2.06. The Hall–Kier alpha value is -5.79. The third-order valence-electron chi connectivity index (χ3n) is 9.09. The number of carbonyl (C=O) groups excluding carboxylic acids is 1. The van der Waals surface area contributed by atoms with Crippen molar-refractivity contribution in [1.29, 1.82) is 0 Å². The second-order valence-corrected chi connectivity index (χ2v) is 13.5. The van der Waals surface area contributed by atoms with Crippen LogP contribution in [0.5, 0.6) is 17.2 Å². The van der Waals surface area contributed by atoms with Gasteiger partial charge in [0, 0.05) is 48.4 Å². The lowest BCUT2D eigenvalue weighted by molar-refractivity contribution is -0.165. The SMILES string of the molecule is COc1cc(-c2nc(SCc3c(F)cc(-c4ccc(N(C)C(=O)[C@@H](O)[C@@H](O)C(O)C(O)C(=O)O)cc4)cc3F)[nH]c2N(C)c2ccc(OC)c(OC)c2)ccc1F. The zero-order chi connectivity index (χ0) is 41.7. The van der Waals surface area contributed by atoms with Gasteiger partial charge in [0.05, 0.1) is 21.3 Å². The number of halogens is 3. The van der Waals surface area contributed by atoms with Crippen LogP contribution >= 0.6 is 11.8 Å². The number of aliphatic carboxylic acids is 1. The number of aliphatic hydroxyl groups excluding tert-OH is 4. The maximum Gasteiger partial charge on any atom is 0.335 e. The van der Waals surface area contributed by atoms with Crippen LogP contribution in [0.1, 0.15) is 5.56 Å². The van der Waals surface area contributed by atoms with Gasteiger partial charge in [-0.2, -0.15) is 0 Å². The number of carboxylic acid groups (broad SMARTS) is 1. The van der Waals surface area contributed by atoms with E-state index in [4.69, 9.17) is 24.3 Å². The first-order chi connectivity index (χ1) is 27.1. The van der Waals surface area contributed by atoms with Gasteiger partial charge in [0.15, 0.2) is 40.4 Å². The molecule has 0 aliphatic heterocycles. The van der Waals surface area contributed by atoms with Gasteiger partial charge in [0.1, 0.15) is 35.4 Å². The van der Waals surface area contributed by atoms with Crippen molar-refractivity contribution in [2.75, 3.05) is 45.2 Å². The summed E-state index contributed by atoms with van der Waals surface area (Å²) in [7, 11) is 7.36. The lowest BCUT2D eigenvalue weighted by atomic mass is 10.0. The number of aromatic amines is 1. The van der Waals surface area contributed by atoms with Gasteiger partial charge in [0.25, 0.3) is 5.91 Å². The number of nitrogens with zero attached hydrogens (tertiary/aromatic N) is 3. The standard InChI is InChI=1S/C39H39F3N4O10S/c1-45(23-11-13-28(54-3)30(17-23)56-5)36-31(20-8-12-25(40)29(16-20)55-4)43-39(44-36)57-18-24-26(41)14-21(15-27(24)42)19-6-9-22(10-7-19)46(2)37(51)34(49)32(47)33(48)35(50)38(52)53/h6-17,32-35,47-50H,18H2,1-5H3,(H,43,44)(H,52,53)/t32-,33?,34-,35?/m0/s1. The van der Waals surface area contributed by atoms with Gasteiger partial charge < -0.3 is 54.5 Å². The molecule has 5 rings (SSSR count). The summed E-state index contributed by atoms with van der Waals surface area (Å²) in [6.45, 7) is 0. The van der Waals surface area contributed by atoms with Gasteiger partial charge in [0.2, 0.25) is 0 Å². The molecule has 1 amide bonds. The number of thioether (sulfide) groups is 1. The van der Waals surface area contributed by atoms with Crippen LogP contribution in [-0.4, -0.2) is 107 Å². The molecule has 302 valence electrons. The van der Waals surface area contributed by atoms with Gasteiger partial charge in [-0.3, -0.25) is 4.79 Å². The maximum atomic E-state index is 15.6. The Morgan fingerprint density at radius 1 is 0.719 bits per heavy atom. The van der Waals surface area contributed by atoms with Crippen molar-refractivity contribution in [2.45, 2.75) is 35.3 Å². The van der Waals surface area contributed by atoms with E-state index in [2.05, 4.69) is 4.98 Å². The number of nitrogens with one attached hydrogen (secondary N) is 1. The molecule has 0 radical (unpaired) electrons. The molecule has 0 saturated carbocycles. The molecule has 57 heavy (non-hydrogen) atoms. The van der Waals surface area contributed by atoms with Gasteiger partial charge in [-0.25, -0.2) is 22.9 Å².